The number of carbonyl (C=O) groups is 2. The van der Waals surface area contributed by atoms with Crippen LogP contribution in [0.15, 0.2) is 29.1 Å². The molecule has 1 aromatic carbocycles. The van der Waals surface area contributed by atoms with Crippen LogP contribution in [0.25, 0.3) is 10.8 Å². The lowest BCUT2D eigenvalue weighted by molar-refractivity contribution is -0.138. The molecule has 0 bridgehead atoms. The van der Waals surface area contributed by atoms with Gasteiger partial charge in [0, 0.05) is 11.9 Å². The van der Waals surface area contributed by atoms with Crippen molar-refractivity contribution in [3.63, 3.8) is 0 Å². The zero-order chi connectivity index (χ0) is 15.4. The van der Waals surface area contributed by atoms with Crippen LogP contribution >= 0.6 is 0 Å². The molecule has 1 heterocycles. The molecule has 0 saturated heterocycles. The number of nitrogens with zero attached hydrogens (tertiary/aromatic N) is 2. The van der Waals surface area contributed by atoms with Crippen LogP contribution in [0, 0.1) is 0 Å². The standard InChI is InChI=1S/C14H15N3O4/c1-2-15-12(18)7-11-9-5-3-4-6-10(9)14(21)17(16-11)8-13(19)20/h3-6H,2,7-8H2,1H3,(H,15,18)(H,19,20). The van der Waals surface area contributed by atoms with Gasteiger partial charge >= 0.3 is 5.97 Å². The van der Waals surface area contributed by atoms with Gasteiger partial charge in [-0.2, -0.15) is 5.10 Å². The molecule has 1 aromatic heterocycles. The number of likely N-dealkylation sites (N-methyl/N-ethyl adjacent to an activating group) is 1. The van der Waals surface area contributed by atoms with Crippen molar-refractivity contribution in [3.8, 4) is 0 Å². The number of carboxylic acids is 1. The number of carbonyl (C=O) groups excluding carboxylic acids is 1. The van der Waals surface area contributed by atoms with Crippen LogP contribution in [-0.2, 0) is 22.6 Å². The fraction of sp³-hybridized carbons (Fsp3) is 0.286. The van der Waals surface area contributed by atoms with Crippen LogP contribution in [0.2, 0.25) is 0 Å². The van der Waals surface area contributed by atoms with Crippen molar-refractivity contribution >= 4 is 22.6 Å². The highest BCUT2D eigenvalue weighted by atomic mass is 16.4. The van der Waals surface area contributed by atoms with Crippen molar-refractivity contribution < 1.29 is 14.7 Å². The molecule has 0 fully saturated rings. The Bertz CT molecular complexity index is 751. The second-order valence-corrected chi connectivity index (χ2v) is 4.48. The summed E-state index contributed by atoms with van der Waals surface area (Å²) >= 11 is 0. The van der Waals surface area contributed by atoms with E-state index in [9.17, 15) is 14.4 Å². The number of hydrogen-bond donors (Lipinski definition) is 2. The molecule has 0 aliphatic rings. The van der Waals surface area contributed by atoms with Crippen molar-refractivity contribution in [3.05, 3.63) is 40.3 Å². The van der Waals surface area contributed by atoms with Crippen LogP contribution in [0.5, 0.6) is 0 Å². The molecule has 0 spiro atoms. The molecule has 0 aliphatic heterocycles. The Balaban J connectivity index is 2.57. The smallest absolute Gasteiger partial charge is 0.325 e. The Morgan fingerprint density at radius 1 is 1.29 bits per heavy atom. The zero-order valence-corrected chi connectivity index (χ0v) is 11.5. The normalized spacial score (nSPS) is 10.5. The first kappa shape index (κ1) is 14.7. The van der Waals surface area contributed by atoms with Gasteiger partial charge in [-0.3, -0.25) is 14.4 Å². The van der Waals surface area contributed by atoms with Gasteiger partial charge < -0.3 is 10.4 Å². The lowest BCUT2D eigenvalue weighted by atomic mass is 10.1. The fourth-order valence-electron chi connectivity index (χ4n) is 2.08. The van der Waals surface area contributed by atoms with E-state index in [-0.39, 0.29) is 12.3 Å². The molecule has 0 unspecified atom stereocenters. The summed E-state index contributed by atoms with van der Waals surface area (Å²) in [5.74, 6) is -1.39. The molecular formula is C14H15N3O4. The highest BCUT2D eigenvalue weighted by Gasteiger charge is 2.14. The summed E-state index contributed by atoms with van der Waals surface area (Å²) in [7, 11) is 0. The molecule has 21 heavy (non-hydrogen) atoms. The molecule has 2 aromatic rings. The Labute approximate surface area is 120 Å². The van der Waals surface area contributed by atoms with Crippen LogP contribution in [0.1, 0.15) is 12.6 Å². The third-order valence-corrected chi connectivity index (χ3v) is 2.93. The summed E-state index contributed by atoms with van der Waals surface area (Å²) in [5.41, 5.74) is -0.0925. The van der Waals surface area contributed by atoms with E-state index >= 15 is 0 Å². The van der Waals surface area contributed by atoms with E-state index < -0.39 is 18.1 Å². The highest BCUT2D eigenvalue weighted by molar-refractivity contribution is 5.88. The molecule has 0 aliphatic carbocycles. The fourth-order valence-corrected chi connectivity index (χ4v) is 2.08. The second kappa shape index (κ2) is 6.17. The number of rotatable bonds is 5. The van der Waals surface area contributed by atoms with Gasteiger partial charge in [0.25, 0.3) is 5.56 Å². The summed E-state index contributed by atoms with van der Waals surface area (Å²) < 4.78 is 0.874. The number of benzene rings is 1. The first-order valence-corrected chi connectivity index (χ1v) is 6.50. The van der Waals surface area contributed by atoms with E-state index in [0.717, 1.165) is 4.68 Å². The minimum Gasteiger partial charge on any atom is -0.480 e. The third kappa shape index (κ3) is 3.25. The number of aromatic nitrogens is 2. The van der Waals surface area contributed by atoms with Crippen molar-refractivity contribution in [1.82, 2.24) is 15.1 Å². The first-order valence-electron chi connectivity index (χ1n) is 6.50. The summed E-state index contributed by atoms with van der Waals surface area (Å²) in [6.07, 6.45) is -0.00570. The molecular weight excluding hydrogens is 274 g/mol. The first-order chi connectivity index (χ1) is 10.0. The second-order valence-electron chi connectivity index (χ2n) is 4.48. The maximum absolute atomic E-state index is 12.2. The van der Waals surface area contributed by atoms with E-state index in [1.54, 1.807) is 31.2 Å². The van der Waals surface area contributed by atoms with Gasteiger partial charge in [-0.25, -0.2) is 4.68 Å². The third-order valence-electron chi connectivity index (χ3n) is 2.93. The largest absolute Gasteiger partial charge is 0.480 e. The monoisotopic (exact) mass is 289 g/mol. The minimum atomic E-state index is -1.16. The van der Waals surface area contributed by atoms with Crippen LogP contribution in [0.4, 0.5) is 0 Å². The number of hydrogen-bond acceptors (Lipinski definition) is 4. The summed E-state index contributed by atoms with van der Waals surface area (Å²) in [6.45, 7) is 1.76. The summed E-state index contributed by atoms with van der Waals surface area (Å²) in [4.78, 5) is 34.7. The lowest BCUT2D eigenvalue weighted by Crippen LogP contribution is -2.30. The predicted octanol–water partition coefficient (Wildman–Crippen LogP) is 0.160. The van der Waals surface area contributed by atoms with Gasteiger partial charge in [0.1, 0.15) is 6.54 Å². The molecule has 7 nitrogen and oxygen atoms in total. The number of nitrogens with one attached hydrogen (secondary N) is 1. The van der Waals surface area contributed by atoms with Gasteiger partial charge in [0.15, 0.2) is 0 Å². The molecule has 110 valence electrons. The highest BCUT2D eigenvalue weighted by Crippen LogP contribution is 2.13. The van der Waals surface area contributed by atoms with Gasteiger partial charge in [0.2, 0.25) is 5.91 Å². The van der Waals surface area contributed by atoms with E-state index in [4.69, 9.17) is 5.11 Å². The minimum absolute atomic E-state index is 0.00570. The molecule has 7 heteroatoms. The predicted molar refractivity (Wildman–Crippen MR) is 76.0 cm³/mol. The number of fused-ring (bicyclic) bond motifs is 1. The molecule has 1 amide bonds. The molecule has 2 N–H and O–H groups in total. The Morgan fingerprint density at radius 3 is 2.57 bits per heavy atom. The topological polar surface area (TPSA) is 101 Å². The maximum atomic E-state index is 12.2. The number of amides is 1. The van der Waals surface area contributed by atoms with Gasteiger partial charge in [-0.15, -0.1) is 0 Å². The van der Waals surface area contributed by atoms with Crippen LogP contribution in [0.3, 0.4) is 0 Å². The maximum Gasteiger partial charge on any atom is 0.325 e. The van der Waals surface area contributed by atoms with Crippen LogP contribution in [-0.4, -0.2) is 33.3 Å². The average Bonchev–Trinajstić information content (AvgIpc) is 2.44. The summed E-state index contributed by atoms with van der Waals surface area (Å²) in [6, 6.07) is 6.72. The van der Waals surface area contributed by atoms with E-state index in [0.29, 0.717) is 23.0 Å². The lowest BCUT2D eigenvalue weighted by Gasteiger charge is -2.09. The van der Waals surface area contributed by atoms with Crippen molar-refractivity contribution in [2.24, 2.45) is 0 Å². The summed E-state index contributed by atoms with van der Waals surface area (Å²) in [5, 5.41) is 16.4. The Morgan fingerprint density at radius 2 is 1.95 bits per heavy atom. The Hall–Kier alpha value is -2.70. The molecule has 0 atom stereocenters. The Kier molecular flexibility index (Phi) is 4.32. The SMILES string of the molecule is CCNC(=O)Cc1nn(CC(=O)O)c(=O)c2ccccc12. The van der Waals surface area contributed by atoms with Crippen LogP contribution < -0.4 is 10.9 Å². The quantitative estimate of drug-likeness (QED) is 0.816. The van der Waals surface area contributed by atoms with Crippen molar-refractivity contribution in [2.75, 3.05) is 6.54 Å². The molecule has 2 rings (SSSR count). The number of aliphatic carboxylic acids is 1. The molecule has 0 radical (unpaired) electrons. The van der Waals surface area contributed by atoms with E-state index in [1.807, 2.05) is 0 Å². The van der Waals surface area contributed by atoms with E-state index in [2.05, 4.69) is 10.4 Å². The average molecular weight is 289 g/mol. The van der Waals surface area contributed by atoms with Gasteiger partial charge in [-0.05, 0) is 13.0 Å². The zero-order valence-electron chi connectivity index (χ0n) is 11.5. The number of carboxylic acid groups (broad SMARTS) is 1. The van der Waals surface area contributed by atoms with Crippen molar-refractivity contribution in [2.45, 2.75) is 19.9 Å². The van der Waals surface area contributed by atoms with Gasteiger partial charge in [-0.1, -0.05) is 18.2 Å². The van der Waals surface area contributed by atoms with E-state index in [1.165, 1.54) is 0 Å². The molecule has 0 saturated carbocycles. The van der Waals surface area contributed by atoms with Crippen molar-refractivity contribution in [1.29, 1.82) is 0 Å². The van der Waals surface area contributed by atoms with Gasteiger partial charge in [0.05, 0.1) is 17.5 Å².